The minimum absolute atomic E-state index is 0.0427. The van der Waals surface area contributed by atoms with E-state index in [1.807, 2.05) is 0 Å². The molecule has 0 aliphatic carbocycles. The summed E-state index contributed by atoms with van der Waals surface area (Å²) in [7, 11) is 1.19. The Balaban J connectivity index is 4.20. The maximum atomic E-state index is 11.7. The molecule has 0 aromatic carbocycles. The van der Waals surface area contributed by atoms with E-state index in [2.05, 4.69) is 10.1 Å². The molecular weight excluding hydrogens is 320 g/mol. The van der Waals surface area contributed by atoms with E-state index in [9.17, 15) is 19.2 Å². The van der Waals surface area contributed by atoms with Crippen molar-refractivity contribution < 1.29 is 33.4 Å². The largest absolute Gasteiger partial charge is 0.464 e. The molecule has 0 aliphatic rings. The summed E-state index contributed by atoms with van der Waals surface area (Å²) in [5, 5.41) is 2.29. The zero-order valence-corrected chi connectivity index (χ0v) is 14.6. The molecule has 9 nitrogen and oxygen atoms in total. The minimum atomic E-state index is -0.843. The predicted molar refractivity (Wildman–Crippen MR) is 84.3 cm³/mol. The summed E-state index contributed by atoms with van der Waals surface area (Å²) in [4.78, 5) is 46.7. The van der Waals surface area contributed by atoms with Crippen LogP contribution in [0.3, 0.4) is 0 Å². The van der Waals surface area contributed by atoms with Crippen LogP contribution >= 0.6 is 0 Å². The van der Waals surface area contributed by atoms with Crippen LogP contribution in [-0.2, 0) is 28.6 Å². The van der Waals surface area contributed by atoms with Crippen LogP contribution in [0.25, 0.3) is 0 Å². The van der Waals surface area contributed by atoms with Gasteiger partial charge in [0.25, 0.3) is 0 Å². The van der Waals surface area contributed by atoms with Gasteiger partial charge < -0.3 is 19.5 Å². The van der Waals surface area contributed by atoms with Crippen molar-refractivity contribution in [1.29, 1.82) is 0 Å². The highest BCUT2D eigenvalue weighted by molar-refractivity contribution is 5.80. The number of rotatable bonds is 11. The molecule has 9 heteroatoms. The summed E-state index contributed by atoms with van der Waals surface area (Å²) in [6.07, 6.45) is -0.439. The standard InChI is InChI=1S/C15H26N2O7/c1-5-13(19)23-8-6-17(10-11(2)18)7-9-24-14(20)12(3)16-15(21)22-4/h12H,5-10H2,1-4H3,(H,16,21). The van der Waals surface area contributed by atoms with Crippen molar-refractivity contribution in [3.8, 4) is 0 Å². The number of nitrogens with one attached hydrogen (secondary N) is 1. The average Bonchev–Trinajstić information content (AvgIpc) is 2.53. The van der Waals surface area contributed by atoms with Crippen LogP contribution in [-0.4, -0.2) is 74.7 Å². The molecule has 0 bridgehead atoms. The lowest BCUT2D eigenvalue weighted by Gasteiger charge is -2.21. The van der Waals surface area contributed by atoms with Crippen molar-refractivity contribution in [2.24, 2.45) is 0 Å². The van der Waals surface area contributed by atoms with Gasteiger partial charge in [-0.2, -0.15) is 0 Å². The maximum Gasteiger partial charge on any atom is 0.407 e. The molecule has 0 aliphatic heterocycles. The van der Waals surface area contributed by atoms with E-state index in [0.717, 1.165) is 0 Å². The Labute approximate surface area is 141 Å². The topological polar surface area (TPSA) is 111 Å². The molecule has 1 unspecified atom stereocenters. The number of alkyl carbamates (subject to hydrolysis) is 1. The first-order valence-corrected chi connectivity index (χ1v) is 7.68. The Kier molecular flexibility index (Phi) is 11.2. The second-order valence-electron chi connectivity index (χ2n) is 5.08. The number of esters is 2. The van der Waals surface area contributed by atoms with Crippen molar-refractivity contribution in [2.45, 2.75) is 33.2 Å². The molecule has 24 heavy (non-hydrogen) atoms. The molecule has 1 N–H and O–H groups in total. The first kappa shape index (κ1) is 21.8. The summed E-state index contributed by atoms with van der Waals surface area (Å²) >= 11 is 0. The predicted octanol–water partition coefficient (Wildman–Crippen LogP) is 0.118. The summed E-state index contributed by atoms with van der Waals surface area (Å²) in [6, 6.07) is -0.843. The van der Waals surface area contributed by atoms with Gasteiger partial charge in [-0.15, -0.1) is 0 Å². The quantitative estimate of drug-likeness (QED) is 0.415. The third-order valence-electron chi connectivity index (χ3n) is 2.93. The SMILES string of the molecule is CCC(=O)OCCN(CCOC(=O)C(C)NC(=O)OC)CC(C)=O. The van der Waals surface area contributed by atoms with Gasteiger partial charge in [0.05, 0.1) is 13.7 Å². The van der Waals surface area contributed by atoms with Crippen LogP contribution in [0.1, 0.15) is 27.2 Å². The molecule has 0 radical (unpaired) electrons. The highest BCUT2D eigenvalue weighted by Gasteiger charge is 2.18. The Morgan fingerprint density at radius 2 is 1.67 bits per heavy atom. The second-order valence-corrected chi connectivity index (χ2v) is 5.08. The fourth-order valence-corrected chi connectivity index (χ4v) is 1.67. The first-order valence-electron chi connectivity index (χ1n) is 7.68. The number of ether oxygens (including phenoxy) is 3. The van der Waals surface area contributed by atoms with Crippen molar-refractivity contribution in [3.05, 3.63) is 0 Å². The van der Waals surface area contributed by atoms with Crippen LogP contribution in [0.2, 0.25) is 0 Å². The van der Waals surface area contributed by atoms with Crippen LogP contribution < -0.4 is 5.32 Å². The summed E-state index contributed by atoms with van der Waals surface area (Å²) < 4.78 is 14.4. The summed E-state index contributed by atoms with van der Waals surface area (Å²) in [5.74, 6) is -0.976. The van der Waals surface area contributed by atoms with E-state index in [4.69, 9.17) is 9.47 Å². The fourth-order valence-electron chi connectivity index (χ4n) is 1.67. The number of hydrogen-bond donors (Lipinski definition) is 1. The molecule has 0 saturated carbocycles. The van der Waals surface area contributed by atoms with Gasteiger partial charge in [0.15, 0.2) is 0 Å². The second kappa shape index (κ2) is 12.3. The molecule has 0 heterocycles. The third kappa shape index (κ3) is 10.5. The van der Waals surface area contributed by atoms with Gasteiger partial charge in [-0.3, -0.25) is 14.5 Å². The number of carbonyl (C=O) groups is 4. The number of Topliss-reactive ketones (excluding diaryl/α,β-unsaturated/α-hetero) is 1. The molecule has 0 aromatic rings. The zero-order chi connectivity index (χ0) is 18.5. The Morgan fingerprint density at radius 3 is 2.17 bits per heavy atom. The molecule has 0 fully saturated rings. The normalized spacial score (nSPS) is 11.5. The van der Waals surface area contributed by atoms with Gasteiger partial charge in [0, 0.05) is 19.5 Å². The molecule has 0 rings (SSSR count). The van der Waals surface area contributed by atoms with Crippen LogP contribution in [0.4, 0.5) is 4.79 Å². The molecular formula is C15H26N2O7. The van der Waals surface area contributed by atoms with E-state index in [0.29, 0.717) is 13.1 Å². The van der Waals surface area contributed by atoms with Gasteiger partial charge in [0.2, 0.25) is 0 Å². The Bertz CT molecular complexity index is 440. The minimum Gasteiger partial charge on any atom is -0.464 e. The Morgan fingerprint density at radius 1 is 1.08 bits per heavy atom. The third-order valence-corrected chi connectivity index (χ3v) is 2.93. The number of amides is 1. The van der Waals surface area contributed by atoms with Crippen LogP contribution in [0.5, 0.6) is 0 Å². The van der Waals surface area contributed by atoms with Crippen molar-refractivity contribution in [1.82, 2.24) is 10.2 Å². The number of methoxy groups -OCH3 is 1. The molecule has 0 saturated heterocycles. The smallest absolute Gasteiger partial charge is 0.407 e. The van der Waals surface area contributed by atoms with Gasteiger partial charge in [-0.05, 0) is 13.8 Å². The molecule has 138 valence electrons. The lowest BCUT2D eigenvalue weighted by molar-refractivity contribution is -0.146. The van der Waals surface area contributed by atoms with E-state index < -0.39 is 18.1 Å². The number of ketones is 1. The highest BCUT2D eigenvalue weighted by Crippen LogP contribution is 1.95. The highest BCUT2D eigenvalue weighted by atomic mass is 16.5. The van der Waals surface area contributed by atoms with Crippen LogP contribution in [0.15, 0.2) is 0 Å². The Hall–Kier alpha value is -2.16. The number of hydrogen-bond acceptors (Lipinski definition) is 8. The van der Waals surface area contributed by atoms with Crippen molar-refractivity contribution in [3.63, 3.8) is 0 Å². The van der Waals surface area contributed by atoms with Gasteiger partial charge >= 0.3 is 18.0 Å². The molecule has 1 amide bonds. The lowest BCUT2D eigenvalue weighted by Crippen LogP contribution is -2.41. The number of nitrogens with zero attached hydrogens (tertiary/aromatic N) is 1. The average molecular weight is 346 g/mol. The van der Waals surface area contributed by atoms with E-state index in [1.165, 1.54) is 21.0 Å². The van der Waals surface area contributed by atoms with Crippen molar-refractivity contribution in [2.75, 3.05) is 40.0 Å². The number of carbonyl (C=O) groups excluding carboxylic acids is 4. The van der Waals surface area contributed by atoms with Crippen LogP contribution in [0, 0.1) is 0 Å². The summed E-state index contributed by atoms with van der Waals surface area (Å²) in [6.45, 7) is 5.64. The monoisotopic (exact) mass is 346 g/mol. The fraction of sp³-hybridized carbons (Fsp3) is 0.733. The molecule has 0 spiro atoms. The van der Waals surface area contributed by atoms with Gasteiger partial charge in [-0.1, -0.05) is 6.92 Å². The first-order chi connectivity index (χ1) is 11.3. The molecule has 1 atom stereocenters. The maximum absolute atomic E-state index is 11.7. The van der Waals surface area contributed by atoms with Crippen molar-refractivity contribution >= 4 is 23.8 Å². The van der Waals surface area contributed by atoms with E-state index in [-0.39, 0.29) is 37.9 Å². The molecule has 0 aromatic heterocycles. The van der Waals surface area contributed by atoms with Gasteiger partial charge in [-0.25, -0.2) is 9.59 Å². The lowest BCUT2D eigenvalue weighted by atomic mass is 10.3. The van der Waals surface area contributed by atoms with Gasteiger partial charge in [0.1, 0.15) is 25.0 Å². The van der Waals surface area contributed by atoms with E-state index >= 15 is 0 Å². The summed E-state index contributed by atoms with van der Waals surface area (Å²) in [5.41, 5.74) is 0. The zero-order valence-electron chi connectivity index (χ0n) is 14.6. The van der Waals surface area contributed by atoms with E-state index in [1.54, 1.807) is 11.8 Å².